The summed E-state index contributed by atoms with van der Waals surface area (Å²) in [5.41, 5.74) is 0. The van der Waals surface area contributed by atoms with E-state index in [1.807, 2.05) is 20.3 Å². The monoisotopic (exact) mass is 156 g/mol. The van der Waals surface area contributed by atoms with Gasteiger partial charge in [-0.05, 0) is 19.3 Å². The molecular weight excluding hydrogens is 140 g/mol. The van der Waals surface area contributed by atoms with Crippen molar-refractivity contribution in [2.75, 3.05) is 14.1 Å². The largest absolute Gasteiger partial charge is 0.303 e. The highest BCUT2D eigenvalue weighted by molar-refractivity contribution is 5.56. The van der Waals surface area contributed by atoms with Crippen LogP contribution in [0.15, 0.2) is 5.10 Å². The Kier molecular flexibility index (Phi) is 6.68. The molecule has 0 spiro atoms. The number of rotatable bonds is 6. The molecule has 0 saturated heterocycles. The van der Waals surface area contributed by atoms with E-state index in [4.69, 9.17) is 0 Å². The third-order valence-corrected chi connectivity index (χ3v) is 1.22. The van der Waals surface area contributed by atoms with Crippen LogP contribution in [0.4, 0.5) is 0 Å². The summed E-state index contributed by atoms with van der Waals surface area (Å²) in [4.78, 5) is 9.90. The van der Waals surface area contributed by atoms with Crippen molar-refractivity contribution in [2.24, 2.45) is 5.10 Å². The normalized spacial score (nSPS) is 10.4. The third-order valence-electron chi connectivity index (χ3n) is 1.22. The standard InChI is InChI=1S/C8H16N2O/c1-10(2)9-7-5-3-4-6-8-11/h7-8H,3-6H2,1-2H3/b9-7+. The van der Waals surface area contributed by atoms with E-state index < -0.39 is 0 Å². The topological polar surface area (TPSA) is 32.7 Å². The van der Waals surface area contributed by atoms with Gasteiger partial charge in [0, 0.05) is 26.7 Å². The first-order valence-electron chi connectivity index (χ1n) is 3.90. The summed E-state index contributed by atoms with van der Waals surface area (Å²) in [6, 6.07) is 0. The summed E-state index contributed by atoms with van der Waals surface area (Å²) in [5.74, 6) is 0. The Bertz CT molecular complexity index is 121. The molecule has 0 atom stereocenters. The van der Waals surface area contributed by atoms with E-state index in [1.165, 1.54) is 0 Å². The molecule has 11 heavy (non-hydrogen) atoms. The Morgan fingerprint density at radius 3 is 2.45 bits per heavy atom. The minimum atomic E-state index is 0.676. The van der Waals surface area contributed by atoms with Gasteiger partial charge in [-0.25, -0.2) is 0 Å². The van der Waals surface area contributed by atoms with Gasteiger partial charge >= 0.3 is 0 Å². The molecule has 0 unspecified atom stereocenters. The number of hydrazone groups is 1. The van der Waals surface area contributed by atoms with Gasteiger partial charge in [0.2, 0.25) is 0 Å². The van der Waals surface area contributed by atoms with Crippen molar-refractivity contribution in [2.45, 2.75) is 25.7 Å². The van der Waals surface area contributed by atoms with Crippen LogP contribution in [-0.4, -0.2) is 31.6 Å². The van der Waals surface area contributed by atoms with Gasteiger partial charge in [-0.15, -0.1) is 0 Å². The van der Waals surface area contributed by atoms with E-state index in [1.54, 1.807) is 5.01 Å². The first-order chi connectivity index (χ1) is 5.27. The maximum Gasteiger partial charge on any atom is 0.119 e. The average molecular weight is 156 g/mol. The second kappa shape index (κ2) is 7.25. The molecule has 0 aromatic heterocycles. The second-order valence-corrected chi connectivity index (χ2v) is 2.60. The minimum Gasteiger partial charge on any atom is -0.303 e. The number of nitrogens with zero attached hydrogens (tertiary/aromatic N) is 2. The fourth-order valence-electron chi connectivity index (χ4n) is 0.684. The van der Waals surface area contributed by atoms with Gasteiger partial charge in [-0.3, -0.25) is 0 Å². The maximum atomic E-state index is 9.90. The van der Waals surface area contributed by atoms with E-state index in [0.717, 1.165) is 25.5 Å². The molecule has 0 aliphatic heterocycles. The van der Waals surface area contributed by atoms with E-state index >= 15 is 0 Å². The van der Waals surface area contributed by atoms with Gasteiger partial charge in [0.25, 0.3) is 0 Å². The highest BCUT2D eigenvalue weighted by Crippen LogP contribution is 1.95. The predicted molar refractivity (Wildman–Crippen MR) is 46.7 cm³/mol. The summed E-state index contributed by atoms with van der Waals surface area (Å²) in [6.45, 7) is 0. The summed E-state index contributed by atoms with van der Waals surface area (Å²) in [7, 11) is 3.78. The van der Waals surface area contributed by atoms with Gasteiger partial charge in [0.1, 0.15) is 6.29 Å². The molecule has 0 aliphatic rings. The molecule has 0 rings (SSSR count). The zero-order chi connectivity index (χ0) is 8.53. The van der Waals surface area contributed by atoms with Crippen molar-refractivity contribution in [3.05, 3.63) is 0 Å². The van der Waals surface area contributed by atoms with Crippen molar-refractivity contribution in [3.8, 4) is 0 Å². The van der Waals surface area contributed by atoms with Crippen molar-refractivity contribution < 1.29 is 4.79 Å². The van der Waals surface area contributed by atoms with Crippen molar-refractivity contribution >= 4 is 12.5 Å². The number of aldehydes is 1. The summed E-state index contributed by atoms with van der Waals surface area (Å²) in [6.07, 6.45) is 6.51. The van der Waals surface area contributed by atoms with Gasteiger partial charge in [0.15, 0.2) is 0 Å². The average Bonchev–Trinajstić information content (AvgIpc) is 1.96. The zero-order valence-electron chi connectivity index (χ0n) is 7.29. The fraction of sp³-hybridized carbons (Fsp3) is 0.750. The number of unbranched alkanes of at least 4 members (excludes halogenated alkanes) is 3. The van der Waals surface area contributed by atoms with Crippen LogP contribution in [0.1, 0.15) is 25.7 Å². The first kappa shape index (κ1) is 10.1. The summed E-state index contributed by atoms with van der Waals surface area (Å²) >= 11 is 0. The van der Waals surface area contributed by atoms with Crippen LogP contribution in [0.25, 0.3) is 0 Å². The first-order valence-corrected chi connectivity index (χ1v) is 3.90. The quantitative estimate of drug-likeness (QED) is 0.251. The molecule has 64 valence electrons. The Balaban J connectivity index is 3.07. The minimum absolute atomic E-state index is 0.676. The van der Waals surface area contributed by atoms with Crippen LogP contribution < -0.4 is 0 Å². The Hall–Kier alpha value is -0.860. The van der Waals surface area contributed by atoms with E-state index in [9.17, 15) is 4.79 Å². The highest BCUT2D eigenvalue weighted by Gasteiger charge is 1.84. The molecule has 0 aromatic rings. The SMILES string of the molecule is CN(C)/N=C/CCCCC=O. The van der Waals surface area contributed by atoms with Crippen molar-refractivity contribution in [1.82, 2.24) is 5.01 Å². The molecule has 3 nitrogen and oxygen atoms in total. The Morgan fingerprint density at radius 1 is 1.27 bits per heavy atom. The second-order valence-electron chi connectivity index (χ2n) is 2.60. The van der Waals surface area contributed by atoms with Crippen LogP contribution in [0.3, 0.4) is 0 Å². The fourth-order valence-corrected chi connectivity index (χ4v) is 0.684. The molecular formula is C8H16N2O. The molecule has 0 aromatic carbocycles. The Morgan fingerprint density at radius 2 is 1.91 bits per heavy atom. The number of carbonyl (C=O) groups excluding carboxylic acids is 1. The zero-order valence-corrected chi connectivity index (χ0v) is 7.29. The molecule has 0 N–H and O–H groups in total. The smallest absolute Gasteiger partial charge is 0.119 e. The van der Waals surface area contributed by atoms with Crippen LogP contribution in [0.5, 0.6) is 0 Å². The van der Waals surface area contributed by atoms with Gasteiger partial charge in [-0.2, -0.15) is 5.10 Å². The number of hydrogen-bond donors (Lipinski definition) is 0. The van der Waals surface area contributed by atoms with Crippen LogP contribution in [0, 0.1) is 0 Å². The van der Waals surface area contributed by atoms with Gasteiger partial charge in [-0.1, -0.05) is 0 Å². The Labute approximate surface area is 68.1 Å². The van der Waals surface area contributed by atoms with Crippen LogP contribution >= 0.6 is 0 Å². The predicted octanol–water partition coefficient (Wildman–Crippen LogP) is 1.29. The van der Waals surface area contributed by atoms with E-state index in [-0.39, 0.29) is 0 Å². The molecule has 0 fully saturated rings. The summed E-state index contributed by atoms with van der Waals surface area (Å²) < 4.78 is 0. The van der Waals surface area contributed by atoms with E-state index in [2.05, 4.69) is 5.10 Å². The van der Waals surface area contributed by atoms with Crippen LogP contribution in [-0.2, 0) is 4.79 Å². The van der Waals surface area contributed by atoms with Gasteiger partial charge < -0.3 is 9.80 Å². The van der Waals surface area contributed by atoms with Gasteiger partial charge in [0.05, 0.1) is 0 Å². The molecule has 0 heterocycles. The lowest BCUT2D eigenvalue weighted by Crippen LogP contribution is -2.01. The summed E-state index contributed by atoms with van der Waals surface area (Å²) in [5, 5.41) is 5.81. The number of hydrogen-bond acceptors (Lipinski definition) is 3. The lowest BCUT2D eigenvalue weighted by molar-refractivity contribution is -0.107. The lowest BCUT2D eigenvalue weighted by atomic mass is 10.2. The molecule has 3 heteroatoms. The maximum absolute atomic E-state index is 9.90. The third kappa shape index (κ3) is 9.14. The van der Waals surface area contributed by atoms with Crippen molar-refractivity contribution in [3.63, 3.8) is 0 Å². The van der Waals surface area contributed by atoms with Crippen LogP contribution in [0.2, 0.25) is 0 Å². The molecule has 0 saturated carbocycles. The highest BCUT2D eigenvalue weighted by atomic mass is 16.1. The molecule has 0 amide bonds. The number of carbonyl (C=O) groups is 1. The van der Waals surface area contributed by atoms with E-state index in [0.29, 0.717) is 6.42 Å². The molecule has 0 radical (unpaired) electrons. The lowest BCUT2D eigenvalue weighted by Gasteiger charge is -2.01. The molecule has 0 aliphatic carbocycles. The van der Waals surface area contributed by atoms with Crippen molar-refractivity contribution in [1.29, 1.82) is 0 Å². The molecule has 0 bridgehead atoms.